The van der Waals surface area contributed by atoms with Gasteiger partial charge in [-0.3, -0.25) is 4.79 Å². The van der Waals surface area contributed by atoms with Crippen LogP contribution in [0.5, 0.6) is 0 Å². The lowest BCUT2D eigenvalue weighted by Crippen LogP contribution is -2.20. The van der Waals surface area contributed by atoms with Crippen LogP contribution in [-0.4, -0.2) is 10.9 Å². The van der Waals surface area contributed by atoms with Crippen molar-refractivity contribution in [2.75, 3.05) is 5.32 Å². The summed E-state index contributed by atoms with van der Waals surface area (Å²) in [5, 5.41) is 4.22. The van der Waals surface area contributed by atoms with Crippen molar-refractivity contribution in [1.29, 1.82) is 0 Å². The second-order valence-corrected chi connectivity index (χ2v) is 8.16. The molecule has 0 radical (unpaired) electrons. The SMILES string of the molecule is CC.Cc1cc(-c2ccc3ccccc3n2)cc(C)c1NC(=O)CC(C)(C)C. The molecule has 0 aliphatic heterocycles. The number of aryl methyl sites for hydroxylation is 2. The predicted octanol–water partition coefficient (Wildman–Crippen LogP) is 6.92. The van der Waals surface area contributed by atoms with Crippen LogP contribution < -0.4 is 5.32 Å². The summed E-state index contributed by atoms with van der Waals surface area (Å²) in [6, 6.07) is 16.5. The van der Waals surface area contributed by atoms with E-state index >= 15 is 0 Å². The molecule has 3 heteroatoms. The zero-order valence-corrected chi connectivity index (χ0v) is 18.2. The molecule has 0 aliphatic rings. The molecule has 1 aromatic heterocycles. The number of pyridine rings is 1. The van der Waals surface area contributed by atoms with Crippen LogP contribution in [0.25, 0.3) is 22.2 Å². The van der Waals surface area contributed by atoms with Crippen molar-refractivity contribution >= 4 is 22.5 Å². The van der Waals surface area contributed by atoms with Crippen molar-refractivity contribution in [2.24, 2.45) is 5.41 Å². The highest BCUT2D eigenvalue weighted by Gasteiger charge is 2.17. The number of amides is 1. The van der Waals surface area contributed by atoms with E-state index in [1.165, 1.54) is 0 Å². The minimum absolute atomic E-state index is 0.0269. The third-order valence-corrected chi connectivity index (χ3v) is 4.38. The highest BCUT2D eigenvalue weighted by molar-refractivity contribution is 5.93. The van der Waals surface area contributed by atoms with E-state index in [1.807, 2.05) is 45.9 Å². The minimum atomic E-state index is -0.0269. The largest absolute Gasteiger partial charge is 0.326 e. The zero-order chi connectivity index (χ0) is 20.9. The first-order valence-electron chi connectivity index (χ1n) is 10.0. The number of hydrogen-bond donors (Lipinski definition) is 1. The lowest BCUT2D eigenvalue weighted by Gasteiger charge is -2.19. The number of anilines is 1. The van der Waals surface area contributed by atoms with Crippen molar-refractivity contribution in [3.63, 3.8) is 0 Å². The van der Waals surface area contributed by atoms with Crippen LogP contribution in [0.1, 0.15) is 52.2 Å². The molecule has 0 fully saturated rings. The topological polar surface area (TPSA) is 42.0 Å². The number of hydrogen-bond acceptors (Lipinski definition) is 2. The molecule has 148 valence electrons. The average molecular weight is 377 g/mol. The summed E-state index contributed by atoms with van der Waals surface area (Å²) in [5.74, 6) is 0.0558. The highest BCUT2D eigenvalue weighted by atomic mass is 16.1. The number of nitrogens with one attached hydrogen (secondary N) is 1. The molecule has 3 nitrogen and oxygen atoms in total. The molecule has 0 unspecified atom stereocenters. The summed E-state index contributed by atoms with van der Waals surface area (Å²) in [4.78, 5) is 17.1. The van der Waals surface area contributed by atoms with Gasteiger partial charge in [0.15, 0.2) is 0 Å². The normalized spacial score (nSPS) is 11.0. The van der Waals surface area contributed by atoms with Crippen LogP contribution in [0.2, 0.25) is 0 Å². The molecule has 0 spiro atoms. The Kier molecular flexibility index (Phi) is 6.95. The molecule has 3 rings (SSSR count). The lowest BCUT2D eigenvalue weighted by molar-refractivity contribution is -0.117. The second-order valence-electron chi connectivity index (χ2n) is 8.16. The Hall–Kier alpha value is -2.68. The summed E-state index contributed by atoms with van der Waals surface area (Å²) in [6.07, 6.45) is 0.500. The van der Waals surface area contributed by atoms with Gasteiger partial charge >= 0.3 is 0 Å². The number of aromatic nitrogens is 1. The van der Waals surface area contributed by atoms with E-state index in [9.17, 15) is 4.79 Å². The Balaban J connectivity index is 0.00000136. The predicted molar refractivity (Wildman–Crippen MR) is 121 cm³/mol. The number of nitrogens with zero attached hydrogens (tertiary/aromatic N) is 1. The van der Waals surface area contributed by atoms with Gasteiger partial charge in [-0.15, -0.1) is 0 Å². The maximum atomic E-state index is 12.3. The molecule has 2 aromatic carbocycles. The minimum Gasteiger partial charge on any atom is -0.326 e. The molecule has 3 aromatic rings. The maximum absolute atomic E-state index is 12.3. The zero-order valence-electron chi connectivity index (χ0n) is 18.2. The highest BCUT2D eigenvalue weighted by Crippen LogP contribution is 2.29. The van der Waals surface area contributed by atoms with Crippen LogP contribution in [-0.2, 0) is 4.79 Å². The Morgan fingerprint density at radius 3 is 2.18 bits per heavy atom. The number of carbonyl (C=O) groups is 1. The molecule has 28 heavy (non-hydrogen) atoms. The van der Waals surface area contributed by atoms with Crippen molar-refractivity contribution in [3.8, 4) is 11.3 Å². The van der Waals surface area contributed by atoms with Crippen molar-refractivity contribution < 1.29 is 4.79 Å². The molecular formula is C25H32N2O. The Morgan fingerprint density at radius 1 is 0.964 bits per heavy atom. The van der Waals surface area contributed by atoms with Gasteiger partial charge in [0.25, 0.3) is 0 Å². The van der Waals surface area contributed by atoms with Gasteiger partial charge in [-0.2, -0.15) is 0 Å². The lowest BCUT2D eigenvalue weighted by atomic mass is 9.91. The molecular weight excluding hydrogens is 344 g/mol. The quantitative estimate of drug-likeness (QED) is 0.539. The first kappa shape index (κ1) is 21.6. The molecule has 0 bridgehead atoms. The van der Waals surface area contributed by atoms with Crippen molar-refractivity contribution in [2.45, 2.75) is 54.9 Å². The monoisotopic (exact) mass is 376 g/mol. The Morgan fingerprint density at radius 2 is 1.57 bits per heavy atom. The van der Waals surface area contributed by atoms with E-state index in [1.54, 1.807) is 0 Å². The number of rotatable bonds is 3. The maximum Gasteiger partial charge on any atom is 0.224 e. The van der Waals surface area contributed by atoms with Gasteiger partial charge in [0, 0.05) is 23.1 Å². The smallest absolute Gasteiger partial charge is 0.224 e. The second kappa shape index (κ2) is 9.01. The van der Waals surface area contributed by atoms with Gasteiger partial charge in [-0.1, -0.05) is 58.9 Å². The number of fused-ring (bicyclic) bond motifs is 1. The fourth-order valence-corrected chi connectivity index (χ4v) is 3.20. The molecule has 0 saturated carbocycles. The summed E-state index contributed by atoms with van der Waals surface area (Å²) in [7, 11) is 0. The molecule has 0 saturated heterocycles. The van der Waals surface area contributed by atoms with E-state index in [0.717, 1.165) is 39.0 Å². The number of benzene rings is 2. The standard InChI is InChI=1S/C23H26N2O.C2H6/c1-15-12-18(20-11-10-17-8-6-7-9-19(17)24-20)13-16(2)22(15)25-21(26)14-23(3,4)5;1-2/h6-13H,14H2,1-5H3,(H,25,26);1-2H3. The first-order valence-corrected chi connectivity index (χ1v) is 10.0. The summed E-state index contributed by atoms with van der Waals surface area (Å²) < 4.78 is 0. The molecule has 0 atom stereocenters. The van der Waals surface area contributed by atoms with Gasteiger partial charge in [0.2, 0.25) is 5.91 Å². The summed E-state index contributed by atoms with van der Waals surface area (Å²) in [5.41, 5.74) is 5.99. The van der Waals surface area contributed by atoms with Crippen LogP contribution >= 0.6 is 0 Å². The molecule has 1 amide bonds. The first-order chi connectivity index (χ1) is 13.2. The van der Waals surface area contributed by atoms with Gasteiger partial charge < -0.3 is 5.32 Å². The van der Waals surface area contributed by atoms with Crippen molar-refractivity contribution in [1.82, 2.24) is 4.98 Å². The summed E-state index contributed by atoms with van der Waals surface area (Å²) in [6.45, 7) is 14.3. The third-order valence-electron chi connectivity index (χ3n) is 4.38. The Labute approximate surface area is 169 Å². The van der Waals surface area contributed by atoms with Crippen LogP contribution in [0.4, 0.5) is 5.69 Å². The van der Waals surface area contributed by atoms with Gasteiger partial charge in [0.1, 0.15) is 0 Å². The molecule has 1 N–H and O–H groups in total. The number of para-hydroxylation sites is 1. The number of carbonyl (C=O) groups excluding carboxylic acids is 1. The van der Waals surface area contributed by atoms with E-state index < -0.39 is 0 Å². The van der Waals surface area contributed by atoms with Gasteiger partial charge in [0.05, 0.1) is 11.2 Å². The van der Waals surface area contributed by atoms with Crippen LogP contribution in [0.3, 0.4) is 0 Å². The van der Waals surface area contributed by atoms with Crippen molar-refractivity contribution in [3.05, 3.63) is 59.7 Å². The fraction of sp³-hybridized carbons (Fsp3) is 0.360. The van der Waals surface area contributed by atoms with E-state index in [0.29, 0.717) is 6.42 Å². The molecule has 1 heterocycles. The third kappa shape index (κ3) is 5.41. The van der Waals surface area contributed by atoms with E-state index in [2.05, 4.69) is 56.4 Å². The Bertz CT molecular complexity index is 945. The van der Waals surface area contributed by atoms with Crippen LogP contribution in [0.15, 0.2) is 48.5 Å². The fourth-order valence-electron chi connectivity index (χ4n) is 3.20. The van der Waals surface area contributed by atoms with Gasteiger partial charge in [-0.05, 0) is 54.7 Å². The van der Waals surface area contributed by atoms with E-state index in [4.69, 9.17) is 4.98 Å². The molecule has 0 aliphatic carbocycles. The summed E-state index contributed by atoms with van der Waals surface area (Å²) >= 11 is 0. The average Bonchev–Trinajstić information content (AvgIpc) is 2.64. The van der Waals surface area contributed by atoms with Gasteiger partial charge in [-0.25, -0.2) is 4.98 Å². The van der Waals surface area contributed by atoms with E-state index in [-0.39, 0.29) is 11.3 Å². The van der Waals surface area contributed by atoms with Crippen LogP contribution in [0, 0.1) is 19.3 Å².